The summed E-state index contributed by atoms with van der Waals surface area (Å²) in [5.74, 6) is 0. The molecule has 2 aromatic rings. The molecule has 0 unspecified atom stereocenters. The molecule has 1 aromatic carbocycles. The number of hydrogen-bond acceptors (Lipinski definition) is 1. The monoisotopic (exact) mass is 405 g/mol. The van der Waals surface area contributed by atoms with Crippen molar-refractivity contribution in [2.75, 3.05) is 0 Å². The molecule has 0 amide bonds. The average Bonchev–Trinajstić information content (AvgIpc) is 2.22. The average molecular weight is 406 g/mol. The highest BCUT2D eigenvalue weighted by Gasteiger charge is 2.36. The minimum atomic E-state index is -4.55. The van der Waals surface area contributed by atoms with Crippen molar-refractivity contribution < 1.29 is 13.2 Å². The van der Waals surface area contributed by atoms with Crippen molar-refractivity contribution in [3.8, 4) is 0 Å². The Morgan fingerprint density at radius 2 is 1.83 bits per heavy atom. The third kappa shape index (κ3) is 2.40. The van der Waals surface area contributed by atoms with Crippen molar-refractivity contribution >= 4 is 56.7 Å². The van der Waals surface area contributed by atoms with Crippen LogP contribution in [0.15, 0.2) is 12.1 Å². The lowest BCUT2D eigenvalue weighted by Gasteiger charge is -2.13. The van der Waals surface area contributed by atoms with Gasteiger partial charge in [-0.05, 0) is 47.2 Å². The highest BCUT2D eigenvalue weighted by atomic mass is 127. The van der Waals surface area contributed by atoms with E-state index in [1.54, 1.807) is 12.1 Å². The Morgan fingerprint density at radius 1 is 1.22 bits per heavy atom. The fourth-order valence-corrected chi connectivity index (χ4v) is 2.93. The molecule has 0 N–H and O–H groups in total. The van der Waals surface area contributed by atoms with Crippen molar-refractivity contribution in [1.29, 1.82) is 0 Å². The van der Waals surface area contributed by atoms with Gasteiger partial charge in [0.05, 0.1) is 15.6 Å². The number of nitrogens with zero attached hydrogens (tertiary/aromatic N) is 1. The molecule has 2 rings (SSSR count). The first-order chi connectivity index (χ1) is 8.21. The second kappa shape index (κ2) is 4.68. The van der Waals surface area contributed by atoms with Crippen molar-refractivity contribution in [3.05, 3.63) is 37.0 Å². The number of halogens is 6. The summed E-state index contributed by atoms with van der Waals surface area (Å²) in [6, 6.07) is 3.20. The second-order valence-electron chi connectivity index (χ2n) is 3.68. The topological polar surface area (TPSA) is 12.9 Å². The SMILES string of the molecule is Cc1c(C(F)(F)F)nc2c(Cl)cc(I)cc2c1Cl. The third-order valence-electron chi connectivity index (χ3n) is 2.44. The predicted molar refractivity (Wildman–Crippen MR) is 74.2 cm³/mol. The van der Waals surface area contributed by atoms with Gasteiger partial charge in [-0.2, -0.15) is 13.2 Å². The van der Waals surface area contributed by atoms with Gasteiger partial charge >= 0.3 is 6.18 Å². The van der Waals surface area contributed by atoms with Crippen molar-refractivity contribution in [2.24, 2.45) is 0 Å². The first-order valence-corrected chi connectivity index (χ1v) is 6.57. The van der Waals surface area contributed by atoms with Gasteiger partial charge in [0.25, 0.3) is 0 Å². The van der Waals surface area contributed by atoms with Crippen LogP contribution in [-0.4, -0.2) is 4.98 Å². The highest BCUT2D eigenvalue weighted by molar-refractivity contribution is 14.1. The Balaban J connectivity index is 2.93. The zero-order valence-electron chi connectivity index (χ0n) is 8.87. The van der Waals surface area contributed by atoms with E-state index in [9.17, 15) is 13.2 Å². The molecule has 0 fully saturated rings. The molecule has 1 nitrogen and oxygen atoms in total. The molecule has 18 heavy (non-hydrogen) atoms. The van der Waals surface area contributed by atoms with E-state index < -0.39 is 11.9 Å². The van der Waals surface area contributed by atoms with Crippen molar-refractivity contribution in [2.45, 2.75) is 13.1 Å². The van der Waals surface area contributed by atoms with E-state index in [1.807, 2.05) is 22.6 Å². The number of rotatable bonds is 0. The molecule has 0 atom stereocenters. The van der Waals surface area contributed by atoms with Crippen LogP contribution in [0.1, 0.15) is 11.3 Å². The number of alkyl halides is 3. The molecule has 0 saturated carbocycles. The third-order valence-corrected chi connectivity index (χ3v) is 3.84. The minimum absolute atomic E-state index is 0.0349. The number of aromatic nitrogens is 1. The van der Waals surface area contributed by atoms with Crippen LogP contribution in [0.4, 0.5) is 13.2 Å². The van der Waals surface area contributed by atoms with E-state index in [2.05, 4.69) is 4.98 Å². The van der Waals surface area contributed by atoms with Crippen LogP contribution < -0.4 is 0 Å². The molecule has 0 aliphatic carbocycles. The molecular weight excluding hydrogens is 401 g/mol. The minimum Gasteiger partial charge on any atom is -0.241 e. The zero-order chi connectivity index (χ0) is 13.7. The summed E-state index contributed by atoms with van der Waals surface area (Å²) in [5, 5.41) is 0.621. The Labute approximate surface area is 124 Å². The largest absolute Gasteiger partial charge is 0.433 e. The van der Waals surface area contributed by atoms with Gasteiger partial charge in [0.1, 0.15) is 5.69 Å². The van der Waals surface area contributed by atoms with Crippen LogP contribution in [-0.2, 0) is 6.18 Å². The van der Waals surface area contributed by atoms with E-state index in [0.29, 0.717) is 5.39 Å². The Bertz CT molecular complexity index is 640. The maximum atomic E-state index is 12.8. The standard InChI is InChI=1S/C11H5Cl2F3IN/c1-4-8(13)6-2-5(17)3-7(12)9(6)18-10(4)11(14,15)16/h2-3H,1H3. The lowest BCUT2D eigenvalue weighted by atomic mass is 10.1. The molecule has 1 aromatic heterocycles. The molecule has 0 aliphatic heterocycles. The van der Waals surface area contributed by atoms with E-state index in [1.165, 1.54) is 6.92 Å². The second-order valence-corrected chi connectivity index (χ2v) is 5.71. The predicted octanol–water partition coefficient (Wildman–Crippen LogP) is 5.47. The molecule has 7 heteroatoms. The van der Waals surface area contributed by atoms with Gasteiger partial charge in [-0.3, -0.25) is 0 Å². The van der Waals surface area contributed by atoms with Crippen molar-refractivity contribution in [3.63, 3.8) is 0 Å². The smallest absolute Gasteiger partial charge is 0.241 e. The number of pyridine rings is 1. The van der Waals surface area contributed by atoms with Gasteiger partial charge in [0.2, 0.25) is 0 Å². The van der Waals surface area contributed by atoms with E-state index in [-0.39, 0.29) is 21.1 Å². The lowest BCUT2D eigenvalue weighted by Crippen LogP contribution is -2.11. The van der Waals surface area contributed by atoms with Gasteiger partial charge in [0, 0.05) is 8.96 Å². The van der Waals surface area contributed by atoms with E-state index in [0.717, 1.165) is 3.57 Å². The molecular formula is C11H5Cl2F3IN. The zero-order valence-corrected chi connectivity index (χ0v) is 12.5. The Hall–Kier alpha value is -0.270. The molecule has 0 saturated heterocycles. The lowest BCUT2D eigenvalue weighted by molar-refractivity contribution is -0.141. The molecule has 1 heterocycles. The summed E-state index contributed by atoms with van der Waals surface area (Å²) >= 11 is 13.9. The molecule has 0 radical (unpaired) electrons. The van der Waals surface area contributed by atoms with Crippen LogP contribution in [0.5, 0.6) is 0 Å². The van der Waals surface area contributed by atoms with Crippen LogP contribution in [0.3, 0.4) is 0 Å². The maximum absolute atomic E-state index is 12.8. The summed E-state index contributed by atoms with van der Waals surface area (Å²) in [7, 11) is 0. The first kappa shape index (κ1) is 14.1. The van der Waals surface area contributed by atoms with Crippen LogP contribution in [0.2, 0.25) is 10.0 Å². The fraction of sp³-hybridized carbons (Fsp3) is 0.182. The Morgan fingerprint density at radius 3 is 2.39 bits per heavy atom. The summed E-state index contributed by atoms with van der Waals surface area (Å²) in [6.45, 7) is 1.30. The highest BCUT2D eigenvalue weighted by Crippen LogP contribution is 2.38. The fourth-order valence-electron chi connectivity index (χ4n) is 1.62. The summed E-state index contributed by atoms with van der Waals surface area (Å²) in [4.78, 5) is 3.60. The van der Waals surface area contributed by atoms with Gasteiger partial charge in [-0.15, -0.1) is 0 Å². The van der Waals surface area contributed by atoms with Gasteiger partial charge in [0.15, 0.2) is 0 Å². The summed E-state index contributed by atoms with van der Waals surface area (Å²) < 4.78 is 39.2. The summed E-state index contributed by atoms with van der Waals surface area (Å²) in [6.07, 6.45) is -4.55. The number of hydrogen-bond donors (Lipinski definition) is 0. The first-order valence-electron chi connectivity index (χ1n) is 4.74. The van der Waals surface area contributed by atoms with Crippen LogP contribution in [0, 0.1) is 10.5 Å². The summed E-state index contributed by atoms with van der Waals surface area (Å²) in [5.41, 5.74) is -1.02. The Kier molecular flexibility index (Phi) is 3.68. The molecule has 0 bridgehead atoms. The van der Waals surface area contributed by atoms with E-state index in [4.69, 9.17) is 23.2 Å². The molecule has 96 valence electrons. The number of fused-ring (bicyclic) bond motifs is 1. The van der Waals surface area contributed by atoms with Gasteiger partial charge in [-0.25, -0.2) is 4.98 Å². The normalized spacial score (nSPS) is 12.2. The molecule has 0 spiro atoms. The van der Waals surface area contributed by atoms with Crippen LogP contribution in [0.25, 0.3) is 10.9 Å². The van der Waals surface area contributed by atoms with Crippen molar-refractivity contribution in [1.82, 2.24) is 4.98 Å². The van der Waals surface area contributed by atoms with Gasteiger partial charge in [-0.1, -0.05) is 23.2 Å². The molecule has 0 aliphatic rings. The van der Waals surface area contributed by atoms with Crippen LogP contribution >= 0.6 is 45.8 Å². The van der Waals surface area contributed by atoms with Gasteiger partial charge < -0.3 is 0 Å². The van der Waals surface area contributed by atoms with E-state index >= 15 is 0 Å². The quantitative estimate of drug-likeness (QED) is 0.529. The number of benzene rings is 1. The maximum Gasteiger partial charge on any atom is 0.433 e.